The molecule has 0 amide bonds. The fourth-order valence-electron chi connectivity index (χ4n) is 3.96. The van der Waals surface area contributed by atoms with Crippen molar-refractivity contribution in [3.63, 3.8) is 0 Å². The van der Waals surface area contributed by atoms with Gasteiger partial charge in [0, 0.05) is 9.79 Å². The second-order valence-electron chi connectivity index (χ2n) is 10.5. The molecule has 22 heteroatoms. The Bertz CT molecular complexity index is 1350. The van der Waals surface area contributed by atoms with E-state index in [0.717, 1.165) is 27.7 Å². The van der Waals surface area contributed by atoms with Crippen molar-refractivity contribution in [2.24, 2.45) is 0 Å². The fourth-order valence-corrected chi connectivity index (χ4v) is 6.04. The third-order valence-electron chi connectivity index (χ3n) is 6.37. The van der Waals surface area contributed by atoms with Crippen LogP contribution in [0.3, 0.4) is 0 Å². The van der Waals surface area contributed by atoms with Crippen LogP contribution in [-0.2, 0) is 0 Å². The lowest BCUT2D eigenvalue weighted by molar-refractivity contribution is -0.463. The number of aryl methyl sites for hydroxylation is 4. The molecule has 2 aromatic carbocycles. The van der Waals surface area contributed by atoms with Crippen molar-refractivity contribution in [2.75, 3.05) is 0 Å². The topological polar surface area (TPSA) is 0 Å². The molecule has 0 aliphatic carbocycles. The molecule has 48 heavy (non-hydrogen) atoms. The van der Waals surface area contributed by atoms with Gasteiger partial charge in [-0.2, -0.15) is 87.8 Å². The third-order valence-corrected chi connectivity index (χ3v) is 8.34. The highest BCUT2D eigenvalue weighted by molar-refractivity contribution is 8.00. The third kappa shape index (κ3) is 6.29. The Hall–Kier alpha value is -2.26. The monoisotopic (exact) mass is 774 g/mol. The Kier molecular flexibility index (Phi) is 10.7. The van der Waals surface area contributed by atoms with Gasteiger partial charge in [-0.25, -0.2) is 0 Å². The van der Waals surface area contributed by atoms with Crippen LogP contribution in [-0.4, -0.2) is 57.9 Å². The Morgan fingerprint density at radius 1 is 0.292 bits per heavy atom. The van der Waals surface area contributed by atoms with Gasteiger partial charge in [0.2, 0.25) is 0 Å². The molecule has 0 fully saturated rings. The average molecular weight is 775 g/mol. The molecule has 274 valence electrons. The van der Waals surface area contributed by atoms with E-state index in [1.54, 1.807) is 0 Å². The highest BCUT2D eigenvalue weighted by Crippen LogP contribution is 2.68. The number of thioether (sulfide) groups is 2. The van der Waals surface area contributed by atoms with Gasteiger partial charge < -0.3 is 0 Å². The lowest BCUT2D eigenvalue weighted by Crippen LogP contribution is -2.76. The van der Waals surface area contributed by atoms with Crippen LogP contribution in [0, 0.1) is 27.7 Å². The molecule has 0 N–H and O–H groups in total. The molecule has 0 radical (unpaired) electrons. The number of alkyl halides is 20. The maximum atomic E-state index is 14.3. The molecule has 0 aliphatic heterocycles. The van der Waals surface area contributed by atoms with Crippen LogP contribution in [0.15, 0.2) is 46.2 Å². The van der Waals surface area contributed by atoms with E-state index >= 15 is 0 Å². The standard InChI is InChI=1S/C26H18F20S2/c1-11-5-12(2)8-15(7-11)47-25(43,44)23(39,40)21(35,36)19(31,32)17(27,28)18(29,30)20(33,34)22(37,38)24(41,42)26(45,46)48-16-9-13(3)6-14(4)10-16/h5-10H,1-4H3. The maximum absolute atomic E-state index is 14.3. The summed E-state index contributed by atoms with van der Waals surface area (Å²) < 4.78 is 286. The van der Waals surface area contributed by atoms with Crippen molar-refractivity contribution in [3.8, 4) is 0 Å². The van der Waals surface area contributed by atoms with Crippen LogP contribution in [0.2, 0.25) is 0 Å². The van der Waals surface area contributed by atoms with E-state index in [1.807, 2.05) is 0 Å². The summed E-state index contributed by atoms with van der Waals surface area (Å²) in [6.07, 6.45) is 0. The molecule has 0 aromatic heterocycles. The first-order valence-corrected chi connectivity index (χ1v) is 13.9. The Morgan fingerprint density at radius 2 is 0.458 bits per heavy atom. The van der Waals surface area contributed by atoms with Crippen molar-refractivity contribution in [2.45, 2.75) is 95.4 Å². The molecular weight excluding hydrogens is 756 g/mol. The van der Waals surface area contributed by atoms with E-state index in [4.69, 9.17) is 0 Å². The summed E-state index contributed by atoms with van der Waals surface area (Å²) in [5, 5.41) is -13.4. The number of halogens is 20. The Balaban J connectivity index is 2.63. The zero-order valence-electron chi connectivity index (χ0n) is 23.8. The summed E-state index contributed by atoms with van der Waals surface area (Å²) in [5.74, 6) is -68.9. The zero-order valence-corrected chi connectivity index (χ0v) is 25.5. The van der Waals surface area contributed by atoms with Crippen LogP contribution < -0.4 is 0 Å². The van der Waals surface area contributed by atoms with Crippen molar-refractivity contribution in [1.82, 2.24) is 0 Å². The van der Waals surface area contributed by atoms with Crippen LogP contribution in [0.4, 0.5) is 87.8 Å². The molecule has 0 saturated heterocycles. The molecule has 0 heterocycles. The van der Waals surface area contributed by atoms with Crippen LogP contribution in [0.1, 0.15) is 22.3 Å². The van der Waals surface area contributed by atoms with Gasteiger partial charge in [0.05, 0.1) is 0 Å². The summed E-state index contributed by atoms with van der Waals surface area (Å²) in [5.41, 5.74) is -0.230. The molecule has 0 saturated carbocycles. The van der Waals surface area contributed by atoms with E-state index in [9.17, 15) is 87.8 Å². The lowest BCUT2D eigenvalue weighted by Gasteiger charge is -2.45. The minimum atomic E-state index is -9.06. The summed E-state index contributed by atoms with van der Waals surface area (Å²) in [4.78, 5) is -2.28. The maximum Gasteiger partial charge on any atom is 0.388 e. The lowest BCUT2D eigenvalue weighted by atomic mass is 9.87. The summed E-state index contributed by atoms with van der Waals surface area (Å²) in [6, 6.07) is 4.50. The number of hydrogen-bond acceptors (Lipinski definition) is 2. The van der Waals surface area contributed by atoms with Crippen LogP contribution >= 0.6 is 23.5 Å². The predicted molar refractivity (Wildman–Crippen MR) is 133 cm³/mol. The quantitative estimate of drug-likeness (QED) is 0.147. The van der Waals surface area contributed by atoms with Crippen molar-refractivity contribution >= 4 is 23.5 Å². The molecular formula is C26H18F20S2. The van der Waals surface area contributed by atoms with Gasteiger partial charge in [0.25, 0.3) is 0 Å². The van der Waals surface area contributed by atoms with E-state index < -0.39 is 91.2 Å². The molecule has 2 aromatic rings. The molecule has 0 atom stereocenters. The van der Waals surface area contributed by atoms with Gasteiger partial charge in [-0.05, 0) is 97.7 Å². The van der Waals surface area contributed by atoms with Crippen molar-refractivity contribution in [3.05, 3.63) is 58.7 Å². The minimum Gasteiger partial charge on any atom is -0.192 e. The summed E-state index contributed by atoms with van der Waals surface area (Å²) in [7, 11) is 0. The largest absolute Gasteiger partial charge is 0.388 e. The van der Waals surface area contributed by atoms with Crippen LogP contribution in [0.25, 0.3) is 0 Å². The Labute approximate surface area is 265 Å². The normalized spacial score (nSPS) is 15.2. The highest BCUT2D eigenvalue weighted by Gasteiger charge is 2.97. The molecule has 2 rings (SSSR count). The van der Waals surface area contributed by atoms with Gasteiger partial charge in [-0.15, -0.1) is 0 Å². The second kappa shape index (κ2) is 12.2. The van der Waals surface area contributed by atoms with Gasteiger partial charge >= 0.3 is 57.9 Å². The second-order valence-corrected chi connectivity index (χ2v) is 12.9. The number of benzene rings is 2. The fraction of sp³-hybridized carbons (Fsp3) is 0.538. The van der Waals surface area contributed by atoms with E-state index in [2.05, 4.69) is 0 Å². The zero-order chi connectivity index (χ0) is 38.1. The van der Waals surface area contributed by atoms with Gasteiger partial charge in [-0.3, -0.25) is 0 Å². The first kappa shape index (κ1) is 41.9. The first-order valence-electron chi connectivity index (χ1n) is 12.3. The summed E-state index contributed by atoms with van der Waals surface area (Å²) in [6.45, 7) is 4.43. The van der Waals surface area contributed by atoms with Gasteiger partial charge in [0.15, 0.2) is 0 Å². The summed E-state index contributed by atoms with van der Waals surface area (Å²) >= 11 is -3.44. The van der Waals surface area contributed by atoms with Crippen molar-refractivity contribution < 1.29 is 87.8 Å². The molecule has 0 spiro atoms. The van der Waals surface area contributed by atoms with E-state index in [-0.39, 0.29) is 22.3 Å². The van der Waals surface area contributed by atoms with E-state index in [1.165, 1.54) is 12.1 Å². The van der Waals surface area contributed by atoms with Crippen LogP contribution in [0.5, 0.6) is 0 Å². The van der Waals surface area contributed by atoms with E-state index in [0.29, 0.717) is 24.3 Å². The molecule has 0 aliphatic rings. The SMILES string of the molecule is Cc1cc(C)cc(SC(F)(F)C(F)(F)C(F)(F)C(F)(F)C(F)(F)C(F)(F)C(F)(F)C(F)(F)C(F)(F)C(F)(F)Sc2cc(C)cc(C)c2)c1. The smallest absolute Gasteiger partial charge is 0.192 e. The first-order chi connectivity index (χ1) is 21.0. The molecule has 0 nitrogen and oxygen atoms in total. The molecule has 0 unspecified atom stereocenters. The predicted octanol–water partition coefficient (Wildman–Crippen LogP) is 12.1. The van der Waals surface area contributed by atoms with Gasteiger partial charge in [-0.1, -0.05) is 12.1 Å². The highest BCUT2D eigenvalue weighted by atomic mass is 32.2. The van der Waals surface area contributed by atoms with Gasteiger partial charge in [0.1, 0.15) is 0 Å². The number of hydrogen-bond donors (Lipinski definition) is 0. The van der Waals surface area contributed by atoms with Crippen molar-refractivity contribution in [1.29, 1.82) is 0 Å². The number of rotatable bonds is 13. The minimum absolute atomic E-state index is 0.0576. The Morgan fingerprint density at radius 3 is 0.646 bits per heavy atom. The molecule has 0 bridgehead atoms. The average Bonchev–Trinajstić information content (AvgIpc) is 2.85.